The Morgan fingerprint density at radius 1 is 1.16 bits per heavy atom. The Morgan fingerprint density at radius 3 is 2.75 bits per heavy atom. The molecule has 5 rings (SSSR count). The number of anilines is 2. The van der Waals surface area contributed by atoms with Gasteiger partial charge in [0.1, 0.15) is 11.9 Å². The second-order valence-electron chi connectivity index (χ2n) is 8.61. The van der Waals surface area contributed by atoms with Gasteiger partial charge in [0, 0.05) is 50.6 Å². The van der Waals surface area contributed by atoms with Crippen LogP contribution in [0.5, 0.6) is 6.01 Å². The monoisotopic (exact) mass is 452 g/mol. The SMILES string of the molecule is Cc1cc(-c2cnc(Nc3ccc(CN4CC(C)C4)cn3)s2)nc(OC2CCOCC2)n1. The van der Waals surface area contributed by atoms with Gasteiger partial charge in [0.15, 0.2) is 5.13 Å². The van der Waals surface area contributed by atoms with Gasteiger partial charge in [-0.05, 0) is 30.5 Å². The molecule has 168 valence electrons. The molecule has 8 nitrogen and oxygen atoms in total. The summed E-state index contributed by atoms with van der Waals surface area (Å²) in [6.07, 6.45) is 5.60. The van der Waals surface area contributed by atoms with Crippen molar-refractivity contribution in [3.63, 3.8) is 0 Å². The second-order valence-corrected chi connectivity index (χ2v) is 9.64. The summed E-state index contributed by atoms with van der Waals surface area (Å²) >= 11 is 1.54. The van der Waals surface area contributed by atoms with Crippen LogP contribution >= 0.6 is 11.3 Å². The molecule has 1 N–H and O–H groups in total. The van der Waals surface area contributed by atoms with Gasteiger partial charge in [-0.2, -0.15) is 4.98 Å². The number of hydrogen-bond acceptors (Lipinski definition) is 9. The maximum absolute atomic E-state index is 6.01. The lowest BCUT2D eigenvalue weighted by molar-refractivity contribution is 0.0217. The lowest BCUT2D eigenvalue weighted by Crippen LogP contribution is -2.44. The Kier molecular flexibility index (Phi) is 6.29. The largest absolute Gasteiger partial charge is 0.460 e. The minimum atomic E-state index is 0.107. The van der Waals surface area contributed by atoms with Crippen LogP contribution in [0.1, 0.15) is 31.0 Å². The molecule has 2 fully saturated rings. The van der Waals surface area contributed by atoms with Gasteiger partial charge in [-0.15, -0.1) is 0 Å². The van der Waals surface area contributed by atoms with Gasteiger partial charge < -0.3 is 14.8 Å². The van der Waals surface area contributed by atoms with Crippen molar-refractivity contribution in [3.05, 3.63) is 41.9 Å². The maximum atomic E-state index is 6.01. The molecule has 0 aliphatic carbocycles. The number of pyridine rings is 1. The standard InChI is InChI=1S/C23H28N6O2S/c1-15-12-29(13-15)14-17-3-4-21(24-10-17)28-23-25-11-20(32-23)19-9-16(2)26-22(27-19)31-18-5-7-30-8-6-18/h3-4,9-11,15,18H,5-8,12-14H2,1-2H3,(H,24,25,28). The summed E-state index contributed by atoms with van der Waals surface area (Å²) in [7, 11) is 0. The third-order valence-electron chi connectivity index (χ3n) is 5.64. The van der Waals surface area contributed by atoms with E-state index < -0.39 is 0 Å². The van der Waals surface area contributed by atoms with Crippen molar-refractivity contribution in [2.24, 2.45) is 5.92 Å². The first-order valence-electron chi connectivity index (χ1n) is 11.1. The van der Waals surface area contributed by atoms with Crippen molar-refractivity contribution in [2.75, 3.05) is 31.6 Å². The van der Waals surface area contributed by atoms with Gasteiger partial charge in [0.2, 0.25) is 0 Å². The van der Waals surface area contributed by atoms with Crippen LogP contribution < -0.4 is 10.1 Å². The van der Waals surface area contributed by atoms with Crippen LogP contribution in [0.25, 0.3) is 10.6 Å². The molecule has 0 saturated carbocycles. The van der Waals surface area contributed by atoms with Crippen molar-refractivity contribution in [3.8, 4) is 16.6 Å². The number of nitrogens with zero attached hydrogens (tertiary/aromatic N) is 5. The molecule has 0 spiro atoms. The van der Waals surface area contributed by atoms with Crippen LogP contribution in [-0.4, -0.2) is 57.2 Å². The van der Waals surface area contributed by atoms with E-state index in [2.05, 4.69) is 43.1 Å². The first-order chi connectivity index (χ1) is 15.6. The smallest absolute Gasteiger partial charge is 0.317 e. The van der Waals surface area contributed by atoms with Gasteiger partial charge in [0.25, 0.3) is 0 Å². The molecule has 2 aliphatic rings. The fourth-order valence-electron chi connectivity index (χ4n) is 4.03. The fraction of sp³-hybridized carbons (Fsp3) is 0.478. The van der Waals surface area contributed by atoms with E-state index in [1.54, 1.807) is 0 Å². The van der Waals surface area contributed by atoms with Crippen LogP contribution in [0.4, 0.5) is 10.9 Å². The first-order valence-corrected chi connectivity index (χ1v) is 11.9. The van der Waals surface area contributed by atoms with E-state index in [0.29, 0.717) is 6.01 Å². The number of aryl methyl sites for hydroxylation is 1. The first kappa shape index (κ1) is 21.2. The highest BCUT2D eigenvalue weighted by molar-refractivity contribution is 7.18. The third-order valence-corrected chi connectivity index (χ3v) is 6.57. The summed E-state index contributed by atoms with van der Waals surface area (Å²) in [5.74, 6) is 1.60. The highest BCUT2D eigenvalue weighted by Crippen LogP contribution is 2.30. The summed E-state index contributed by atoms with van der Waals surface area (Å²) < 4.78 is 11.4. The number of hydrogen-bond donors (Lipinski definition) is 1. The molecule has 9 heteroatoms. The number of aromatic nitrogens is 4. The highest BCUT2D eigenvalue weighted by Gasteiger charge is 2.22. The van der Waals surface area contributed by atoms with E-state index in [9.17, 15) is 0 Å². The van der Waals surface area contributed by atoms with Crippen molar-refractivity contribution in [1.82, 2.24) is 24.8 Å². The van der Waals surface area contributed by atoms with E-state index in [4.69, 9.17) is 9.47 Å². The van der Waals surface area contributed by atoms with Gasteiger partial charge in [-0.25, -0.2) is 15.0 Å². The van der Waals surface area contributed by atoms with Crippen molar-refractivity contribution in [1.29, 1.82) is 0 Å². The normalized spacial score (nSPS) is 17.8. The molecule has 5 heterocycles. The van der Waals surface area contributed by atoms with Crippen molar-refractivity contribution >= 4 is 22.3 Å². The quantitative estimate of drug-likeness (QED) is 0.575. The van der Waals surface area contributed by atoms with E-state index in [1.807, 2.05) is 31.5 Å². The summed E-state index contributed by atoms with van der Waals surface area (Å²) in [6.45, 7) is 8.99. The molecule has 3 aromatic rings. The fourth-order valence-corrected chi connectivity index (χ4v) is 4.81. The lowest BCUT2D eigenvalue weighted by Gasteiger charge is -2.37. The molecule has 0 unspecified atom stereocenters. The molecule has 32 heavy (non-hydrogen) atoms. The van der Waals surface area contributed by atoms with E-state index in [-0.39, 0.29) is 6.10 Å². The van der Waals surface area contributed by atoms with Crippen LogP contribution in [0.15, 0.2) is 30.6 Å². The Labute approximate surface area is 192 Å². The second kappa shape index (κ2) is 9.48. The predicted molar refractivity (Wildman–Crippen MR) is 124 cm³/mol. The molecule has 0 radical (unpaired) electrons. The molecule has 0 aromatic carbocycles. The van der Waals surface area contributed by atoms with Crippen LogP contribution in [-0.2, 0) is 11.3 Å². The summed E-state index contributed by atoms with van der Waals surface area (Å²) in [5.41, 5.74) is 2.92. The average molecular weight is 453 g/mol. The van der Waals surface area contributed by atoms with Gasteiger partial charge in [0.05, 0.1) is 23.8 Å². The highest BCUT2D eigenvalue weighted by atomic mass is 32.1. The van der Waals surface area contributed by atoms with E-state index in [0.717, 1.165) is 65.7 Å². The topological polar surface area (TPSA) is 85.3 Å². The number of thiazole rings is 1. The zero-order valence-electron chi connectivity index (χ0n) is 18.5. The number of ether oxygens (including phenoxy) is 2. The van der Waals surface area contributed by atoms with Crippen LogP contribution in [0, 0.1) is 12.8 Å². The zero-order chi connectivity index (χ0) is 21.9. The predicted octanol–water partition coefficient (Wildman–Crippen LogP) is 4.06. The van der Waals surface area contributed by atoms with Gasteiger partial charge in [-0.3, -0.25) is 4.90 Å². The van der Waals surface area contributed by atoms with Crippen molar-refractivity contribution < 1.29 is 9.47 Å². The molecule has 0 bridgehead atoms. The number of rotatable bonds is 7. The summed E-state index contributed by atoms with van der Waals surface area (Å²) in [5, 5.41) is 4.08. The third kappa shape index (κ3) is 5.23. The Balaban J connectivity index is 1.23. The molecular formula is C23H28N6O2S. The maximum Gasteiger partial charge on any atom is 0.317 e. The van der Waals surface area contributed by atoms with E-state index in [1.165, 1.54) is 30.0 Å². The summed E-state index contributed by atoms with van der Waals surface area (Å²) in [4.78, 5) is 21.5. The Bertz CT molecular complexity index is 1040. The molecule has 2 aliphatic heterocycles. The molecular weight excluding hydrogens is 424 g/mol. The minimum Gasteiger partial charge on any atom is -0.460 e. The number of nitrogens with one attached hydrogen (secondary N) is 1. The Morgan fingerprint density at radius 2 is 2.00 bits per heavy atom. The van der Waals surface area contributed by atoms with Crippen molar-refractivity contribution in [2.45, 2.75) is 39.3 Å². The molecule has 3 aromatic heterocycles. The summed E-state index contributed by atoms with van der Waals surface area (Å²) in [6, 6.07) is 6.51. The minimum absolute atomic E-state index is 0.107. The van der Waals surface area contributed by atoms with Crippen LogP contribution in [0.2, 0.25) is 0 Å². The molecule has 2 saturated heterocycles. The molecule has 0 amide bonds. The average Bonchev–Trinajstić information content (AvgIpc) is 3.23. The number of likely N-dealkylation sites (tertiary alicyclic amines) is 1. The molecule has 0 atom stereocenters. The van der Waals surface area contributed by atoms with E-state index >= 15 is 0 Å². The van der Waals surface area contributed by atoms with Gasteiger partial charge in [-0.1, -0.05) is 24.3 Å². The zero-order valence-corrected chi connectivity index (χ0v) is 19.3. The van der Waals surface area contributed by atoms with Gasteiger partial charge >= 0.3 is 6.01 Å². The lowest BCUT2D eigenvalue weighted by atomic mass is 10.0. The Hall–Kier alpha value is -2.62. The van der Waals surface area contributed by atoms with Crippen LogP contribution in [0.3, 0.4) is 0 Å².